The molecule has 2 heteroatoms. The monoisotopic (exact) mass is 211 g/mol. The predicted octanol–water partition coefficient (Wildman–Crippen LogP) is 2.78. The van der Waals surface area contributed by atoms with Crippen LogP contribution in [0, 0.1) is 0 Å². The highest BCUT2D eigenvalue weighted by Gasteiger charge is 2.24. The number of methoxy groups -OCH3 is 1. The molecule has 0 fully saturated rings. The standard InChI is InChI=1S/C14H13NO/c1-16-14-13-9-8-11(15-14)7-6-10-4-2-3-5-12(10)13/h2-9,11,13H,1H3/t11-,13-/m1/s1. The Morgan fingerprint density at radius 3 is 2.88 bits per heavy atom. The maximum Gasteiger partial charge on any atom is 0.195 e. The molecule has 3 aliphatic rings. The van der Waals surface area contributed by atoms with E-state index in [1.165, 1.54) is 11.1 Å². The fourth-order valence-corrected chi connectivity index (χ4v) is 2.25. The number of ether oxygens (including phenoxy) is 1. The highest BCUT2D eigenvalue weighted by molar-refractivity contribution is 5.89. The smallest absolute Gasteiger partial charge is 0.195 e. The first-order valence-electron chi connectivity index (χ1n) is 5.45. The van der Waals surface area contributed by atoms with E-state index >= 15 is 0 Å². The number of dihydropyridines is 1. The Bertz CT molecular complexity index is 499. The fourth-order valence-electron chi connectivity index (χ4n) is 2.25. The van der Waals surface area contributed by atoms with Gasteiger partial charge in [-0.2, -0.15) is 0 Å². The number of aliphatic imine (C=N–C) groups is 1. The van der Waals surface area contributed by atoms with Crippen molar-refractivity contribution in [2.75, 3.05) is 7.11 Å². The van der Waals surface area contributed by atoms with E-state index in [0.29, 0.717) is 0 Å². The molecule has 2 heterocycles. The van der Waals surface area contributed by atoms with E-state index in [9.17, 15) is 0 Å². The summed E-state index contributed by atoms with van der Waals surface area (Å²) in [7, 11) is 1.69. The molecule has 1 aromatic carbocycles. The van der Waals surface area contributed by atoms with Crippen LogP contribution in [0.3, 0.4) is 0 Å². The molecule has 80 valence electrons. The molecule has 2 bridgehead atoms. The van der Waals surface area contributed by atoms with Gasteiger partial charge in [-0.15, -0.1) is 0 Å². The second-order valence-corrected chi connectivity index (χ2v) is 4.01. The average Bonchev–Trinajstić information content (AvgIpc) is 2.32. The number of nitrogens with zero attached hydrogens (tertiary/aromatic N) is 1. The molecule has 2 atom stereocenters. The minimum atomic E-state index is 0.125. The minimum Gasteiger partial charge on any atom is -0.484 e. The molecule has 0 saturated carbocycles. The number of benzene rings is 1. The van der Waals surface area contributed by atoms with Crippen molar-refractivity contribution >= 4 is 12.0 Å². The Labute approximate surface area is 95.0 Å². The van der Waals surface area contributed by atoms with Crippen LogP contribution in [0.4, 0.5) is 0 Å². The first-order chi connectivity index (χ1) is 7.88. The summed E-state index contributed by atoms with van der Waals surface area (Å²) in [5.41, 5.74) is 2.51. The van der Waals surface area contributed by atoms with Gasteiger partial charge < -0.3 is 4.74 Å². The maximum atomic E-state index is 5.38. The van der Waals surface area contributed by atoms with Gasteiger partial charge in [0.25, 0.3) is 0 Å². The maximum absolute atomic E-state index is 5.38. The molecule has 1 aromatic rings. The zero-order chi connectivity index (χ0) is 11.0. The first kappa shape index (κ1) is 9.40. The molecule has 0 aromatic heterocycles. The van der Waals surface area contributed by atoms with Crippen LogP contribution < -0.4 is 0 Å². The minimum absolute atomic E-state index is 0.125. The lowest BCUT2D eigenvalue weighted by Crippen LogP contribution is -2.21. The second-order valence-electron chi connectivity index (χ2n) is 4.01. The molecule has 0 amide bonds. The zero-order valence-electron chi connectivity index (χ0n) is 9.13. The van der Waals surface area contributed by atoms with Crippen LogP contribution in [0.1, 0.15) is 17.0 Å². The van der Waals surface area contributed by atoms with E-state index in [0.717, 1.165) is 5.90 Å². The van der Waals surface area contributed by atoms with Crippen LogP contribution in [-0.2, 0) is 4.74 Å². The summed E-state index contributed by atoms with van der Waals surface area (Å²) < 4.78 is 5.38. The lowest BCUT2D eigenvalue weighted by Gasteiger charge is -2.24. The van der Waals surface area contributed by atoms with Crippen LogP contribution in [0.15, 0.2) is 47.5 Å². The number of hydrogen-bond acceptors (Lipinski definition) is 2. The summed E-state index contributed by atoms with van der Waals surface area (Å²) in [6.07, 6.45) is 8.55. The van der Waals surface area contributed by atoms with Crippen LogP contribution >= 0.6 is 0 Å². The second kappa shape index (κ2) is 3.63. The Morgan fingerprint density at radius 1 is 1.12 bits per heavy atom. The third kappa shape index (κ3) is 1.38. The van der Waals surface area contributed by atoms with Crippen LogP contribution in [-0.4, -0.2) is 19.0 Å². The quantitative estimate of drug-likeness (QED) is 0.605. The van der Waals surface area contributed by atoms with Crippen LogP contribution in [0.25, 0.3) is 6.08 Å². The van der Waals surface area contributed by atoms with Gasteiger partial charge in [0.15, 0.2) is 5.90 Å². The summed E-state index contributed by atoms with van der Waals surface area (Å²) in [4.78, 5) is 4.54. The fraction of sp³-hybridized carbons (Fsp3) is 0.214. The van der Waals surface area contributed by atoms with E-state index in [1.807, 2.05) is 0 Å². The molecule has 2 nitrogen and oxygen atoms in total. The van der Waals surface area contributed by atoms with Gasteiger partial charge >= 0.3 is 0 Å². The van der Waals surface area contributed by atoms with Crippen molar-refractivity contribution in [3.63, 3.8) is 0 Å². The molecule has 0 unspecified atom stereocenters. The Morgan fingerprint density at radius 2 is 2.00 bits per heavy atom. The van der Waals surface area contributed by atoms with Gasteiger partial charge in [0.1, 0.15) is 0 Å². The zero-order valence-corrected chi connectivity index (χ0v) is 9.13. The molecule has 0 radical (unpaired) electrons. The van der Waals surface area contributed by atoms with Crippen LogP contribution in [0.5, 0.6) is 0 Å². The molecule has 0 saturated heterocycles. The normalized spacial score (nSPS) is 25.7. The molecular weight excluding hydrogens is 198 g/mol. The van der Waals surface area contributed by atoms with Crippen molar-refractivity contribution < 1.29 is 4.74 Å². The van der Waals surface area contributed by atoms with Gasteiger partial charge in [0, 0.05) is 0 Å². The molecule has 4 rings (SSSR count). The van der Waals surface area contributed by atoms with Gasteiger partial charge in [0.05, 0.1) is 19.1 Å². The Kier molecular flexibility index (Phi) is 2.13. The summed E-state index contributed by atoms with van der Waals surface area (Å²) in [5, 5.41) is 0. The molecule has 2 aliphatic heterocycles. The molecule has 0 N–H and O–H groups in total. The highest BCUT2D eigenvalue weighted by Crippen LogP contribution is 2.30. The summed E-state index contributed by atoms with van der Waals surface area (Å²) in [6, 6.07) is 8.51. The van der Waals surface area contributed by atoms with Crippen molar-refractivity contribution in [1.29, 1.82) is 0 Å². The first-order valence-corrected chi connectivity index (χ1v) is 5.45. The third-order valence-corrected chi connectivity index (χ3v) is 3.06. The average molecular weight is 211 g/mol. The van der Waals surface area contributed by atoms with Crippen LogP contribution in [0.2, 0.25) is 0 Å². The summed E-state index contributed by atoms with van der Waals surface area (Å²) >= 11 is 0. The molecule has 1 aliphatic carbocycles. The third-order valence-electron chi connectivity index (χ3n) is 3.06. The van der Waals surface area contributed by atoms with Crippen molar-refractivity contribution in [2.24, 2.45) is 4.99 Å². The molecule has 16 heavy (non-hydrogen) atoms. The highest BCUT2D eigenvalue weighted by atomic mass is 16.5. The number of rotatable bonds is 0. The van der Waals surface area contributed by atoms with E-state index in [-0.39, 0.29) is 12.0 Å². The summed E-state index contributed by atoms with van der Waals surface area (Å²) in [6.45, 7) is 0. The Hall–Kier alpha value is -1.83. The van der Waals surface area contributed by atoms with Crippen molar-refractivity contribution in [2.45, 2.75) is 12.0 Å². The number of hydrogen-bond donors (Lipinski definition) is 0. The lowest BCUT2D eigenvalue weighted by molar-refractivity contribution is 0.383. The molecular formula is C14H13NO. The van der Waals surface area contributed by atoms with Gasteiger partial charge in [0.2, 0.25) is 0 Å². The Balaban J connectivity index is 2.20. The van der Waals surface area contributed by atoms with E-state index in [4.69, 9.17) is 4.74 Å². The van der Waals surface area contributed by atoms with E-state index in [2.05, 4.69) is 53.6 Å². The SMILES string of the molecule is COC1=N[C@@H]2C=Cc3ccccc3[C@H]1C=C2. The van der Waals surface area contributed by atoms with Gasteiger partial charge in [-0.1, -0.05) is 48.6 Å². The largest absolute Gasteiger partial charge is 0.484 e. The van der Waals surface area contributed by atoms with Gasteiger partial charge in [-0.25, -0.2) is 4.99 Å². The van der Waals surface area contributed by atoms with Gasteiger partial charge in [-0.05, 0) is 11.1 Å². The topological polar surface area (TPSA) is 21.6 Å². The van der Waals surface area contributed by atoms with Gasteiger partial charge in [-0.3, -0.25) is 0 Å². The lowest BCUT2D eigenvalue weighted by atomic mass is 9.89. The predicted molar refractivity (Wildman–Crippen MR) is 65.6 cm³/mol. The summed E-state index contributed by atoms with van der Waals surface area (Å²) in [5.74, 6) is 0.978. The van der Waals surface area contributed by atoms with E-state index in [1.54, 1.807) is 7.11 Å². The van der Waals surface area contributed by atoms with Crippen molar-refractivity contribution in [3.8, 4) is 0 Å². The molecule has 0 spiro atoms. The van der Waals surface area contributed by atoms with Crippen molar-refractivity contribution in [1.82, 2.24) is 0 Å². The van der Waals surface area contributed by atoms with Crippen molar-refractivity contribution in [3.05, 3.63) is 53.6 Å². The van der Waals surface area contributed by atoms with E-state index < -0.39 is 0 Å².